The van der Waals surface area contributed by atoms with Crippen LogP contribution in [0.5, 0.6) is 0 Å². The Morgan fingerprint density at radius 3 is 2.54 bits per heavy atom. The summed E-state index contributed by atoms with van der Waals surface area (Å²) in [5, 5.41) is 7.51. The molecule has 132 valence electrons. The molecule has 3 heteroatoms. The molecule has 0 unspecified atom stereocenters. The van der Waals surface area contributed by atoms with Crippen LogP contribution >= 0.6 is 0 Å². The molecule has 0 spiro atoms. The van der Waals surface area contributed by atoms with E-state index in [1.807, 2.05) is 0 Å². The summed E-state index contributed by atoms with van der Waals surface area (Å²) in [7, 11) is 1.77. The van der Waals surface area contributed by atoms with Gasteiger partial charge in [-0.1, -0.05) is 42.0 Å². The quantitative estimate of drug-likeness (QED) is 0.715. The summed E-state index contributed by atoms with van der Waals surface area (Å²) in [6, 6.07) is 12.8. The average Bonchev–Trinajstić information content (AvgIpc) is 3.37. The van der Waals surface area contributed by atoms with Gasteiger partial charge >= 0.3 is 0 Å². The number of hydrogen-bond donors (Lipinski definition) is 2. The molecule has 3 nitrogen and oxygen atoms in total. The normalized spacial score (nSPS) is 30.3. The zero-order valence-corrected chi connectivity index (χ0v) is 15.1. The molecule has 0 aliphatic heterocycles. The molecule has 0 bridgehead atoms. The maximum Gasteiger partial charge on any atom is 0.0587 e. The minimum Gasteiger partial charge on any atom is -0.383 e. The Labute approximate surface area is 146 Å². The van der Waals surface area contributed by atoms with E-state index in [-0.39, 0.29) is 0 Å². The molecule has 1 aromatic carbocycles. The van der Waals surface area contributed by atoms with Crippen molar-refractivity contribution in [2.45, 2.75) is 57.2 Å². The molecule has 2 aliphatic rings. The van der Waals surface area contributed by atoms with Crippen LogP contribution in [0.4, 0.5) is 0 Å². The zero-order valence-electron chi connectivity index (χ0n) is 15.1. The van der Waals surface area contributed by atoms with Crippen LogP contribution in [0.1, 0.15) is 44.6 Å². The van der Waals surface area contributed by atoms with Crippen molar-refractivity contribution in [3.63, 3.8) is 0 Å². The molecule has 3 rings (SSSR count). The number of hydrogen-bond acceptors (Lipinski definition) is 3. The molecule has 0 aromatic heterocycles. The van der Waals surface area contributed by atoms with E-state index < -0.39 is 0 Å². The van der Waals surface area contributed by atoms with Gasteiger partial charge in [0.05, 0.1) is 6.61 Å². The van der Waals surface area contributed by atoms with Crippen molar-refractivity contribution in [3.05, 3.63) is 41.5 Å². The molecule has 0 saturated heterocycles. The summed E-state index contributed by atoms with van der Waals surface area (Å²) in [5.74, 6) is 0.739. The molecule has 24 heavy (non-hydrogen) atoms. The molecule has 0 amide bonds. The standard InChI is InChI=1S/C21H32N2O/c1-16(14-17-6-4-3-5-7-17)20-15-21(20)23-19-10-8-18(9-11-19)22-12-13-24-2/h3-7,14,18-23H,8-13,15H2,1-2H3/b16-14+/t18-,19-,20-,21+/m0/s1. The Morgan fingerprint density at radius 1 is 1.12 bits per heavy atom. The predicted octanol–water partition coefficient (Wildman–Crippen LogP) is 3.62. The van der Waals surface area contributed by atoms with Gasteiger partial charge in [0.25, 0.3) is 0 Å². The van der Waals surface area contributed by atoms with Gasteiger partial charge in [-0.05, 0) is 50.5 Å². The van der Waals surface area contributed by atoms with Crippen molar-refractivity contribution in [3.8, 4) is 0 Å². The van der Waals surface area contributed by atoms with E-state index in [1.165, 1.54) is 43.2 Å². The molecular weight excluding hydrogens is 296 g/mol. The largest absolute Gasteiger partial charge is 0.383 e. The molecule has 2 atom stereocenters. The number of nitrogens with one attached hydrogen (secondary N) is 2. The maximum atomic E-state index is 5.11. The number of benzene rings is 1. The van der Waals surface area contributed by atoms with E-state index in [0.717, 1.165) is 19.1 Å². The Hall–Kier alpha value is -1.16. The SMILES string of the molecule is COCCN[C@H]1CC[C@H](N[C@@H]2C[C@H]2/C(C)=C/c2ccccc2)CC1. The molecule has 0 heterocycles. The molecule has 2 saturated carbocycles. The first-order valence-electron chi connectivity index (χ1n) is 9.48. The fourth-order valence-electron chi connectivity index (χ4n) is 3.93. The number of rotatable bonds is 8. The highest BCUT2D eigenvalue weighted by molar-refractivity contribution is 5.53. The van der Waals surface area contributed by atoms with Gasteiger partial charge in [0, 0.05) is 31.8 Å². The van der Waals surface area contributed by atoms with E-state index in [2.05, 4.69) is 54.0 Å². The molecule has 2 fully saturated rings. The highest BCUT2D eigenvalue weighted by atomic mass is 16.5. The van der Waals surface area contributed by atoms with E-state index in [0.29, 0.717) is 18.1 Å². The smallest absolute Gasteiger partial charge is 0.0587 e. The second-order valence-corrected chi connectivity index (χ2v) is 7.41. The minimum atomic E-state index is 0.688. The number of methoxy groups -OCH3 is 1. The summed E-state index contributed by atoms with van der Waals surface area (Å²) in [6.07, 6.45) is 8.84. The summed E-state index contributed by atoms with van der Waals surface area (Å²) < 4.78 is 5.11. The summed E-state index contributed by atoms with van der Waals surface area (Å²) in [4.78, 5) is 0. The van der Waals surface area contributed by atoms with Gasteiger partial charge in [0.2, 0.25) is 0 Å². The third kappa shape index (κ3) is 5.17. The average molecular weight is 329 g/mol. The van der Waals surface area contributed by atoms with E-state index in [9.17, 15) is 0 Å². The van der Waals surface area contributed by atoms with Gasteiger partial charge in [0.1, 0.15) is 0 Å². The lowest BCUT2D eigenvalue weighted by atomic mass is 9.91. The molecular formula is C21H32N2O. The van der Waals surface area contributed by atoms with Gasteiger partial charge in [0.15, 0.2) is 0 Å². The van der Waals surface area contributed by atoms with Crippen LogP contribution in [-0.4, -0.2) is 38.4 Å². The third-order valence-corrected chi connectivity index (χ3v) is 5.49. The van der Waals surface area contributed by atoms with Gasteiger partial charge < -0.3 is 15.4 Å². The van der Waals surface area contributed by atoms with Crippen molar-refractivity contribution in [2.75, 3.05) is 20.3 Å². The van der Waals surface area contributed by atoms with Crippen molar-refractivity contribution in [1.29, 1.82) is 0 Å². The Bertz CT molecular complexity index is 520. The first-order chi connectivity index (χ1) is 11.8. The predicted molar refractivity (Wildman–Crippen MR) is 101 cm³/mol. The first kappa shape index (κ1) is 17.7. The highest BCUT2D eigenvalue weighted by Gasteiger charge is 2.39. The zero-order chi connectivity index (χ0) is 16.8. The second-order valence-electron chi connectivity index (χ2n) is 7.41. The van der Waals surface area contributed by atoms with Crippen molar-refractivity contribution >= 4 is 6.08 Å². The van der Waals surface area contributed by atoms with Crippen LogP contribution in [0.3, 0.4) is 0 Å². The van der Waals surface area contributed by atoms with E-state index >= 15 is 0 Å². The summed E-state index contributed by atoms with van der Waals surface area (Å²) in [6.45, 7) is 4.08. The Morgan fingerprint density at radius 2 is 1.83 bits per heavy atom. The summed E-state index contributed by atoms with van der Waals surface area (Å²) >= 11 is 0. The Kier molecular flexibility index (Phi) is 6.47. The fourth-order valence-corrected chi connectivity index (χ4v) is 3.93. The molecule has 1 aromatic rings. The minimum absolute atomic E-state index is 0.688. The first-order valence-corrected chi connectivity index (χ1v) is 9.48. The van der Waals surface area contributed by atoms with Gasteiger partial charge in [-0.15, -0.1) is 0 Å². The second kappa shape index (κ2) is 8.80. The monoisotopic (exact) mass is 328 g/mol. The highest BCUT2D eigenvalue weighted by Crippen LogP contribution is 2.39. The van der Waals surface area contributed by atoms with Gasteiger partial charge in [-0.25, -0.2) is 0 Å². The molecule has 0 radical (unpaired) electrons. The van der Waals surface area contributed by atoms with Crippen molar-refractivity contribution in [1.82, 2.24) is 10.6 Å². The van der Waals surface area contributed by atoms with Gasteiger partial charge in [-0.3, -0.25) is 0 Å². The lowest BCUT2D eigenvalue weighted by Gasteiger charge is -2.30. The van der Waals surface area contributed by atoms with Gasteiger partial charge in [-0.2, -0.15) is 0 Å². The third-order valence-electron chi connectivity index (χ3n) is 5.49. The van der Waals surface area contributed by atoms with E-state index in [1.54, 1.807) is 7.11 Å². The van der Waals surface area contributed by atoms with Crippen LogP contribution in [-0.2, 0) is 4.74 Å². The summed E-state index contributed by atoms with van der Waals surface area (Å²) in [5.41, 5.74) is 2.84. The van der Waals surface area contributed by atoms with Crippen molar-refractivity contribution < 1.29 is 4.74 Å². The Balaban J connectivity index is 1.38. The fraction of sp³-hybridized carbons (Fsp3) is 0.619. The van der Waals surface area contributed by atoms with Crippen LogP contribution < -0.4 is 10.6 Å². The van der Waals surface area contributed by atoms with Crippen LogP contribution in [0.2, 0.25) is 0 Å². The topological polar surface area (TPSA) is 33.3 Å². The number of ether oxygens (including phenoxy) is 1. The maximum absolute atomic E-state index is 5.11. The van der Waals surface area contributed by atoms with Crippen LogP contribution in [0.25, 0.3) is 6.08 Å². The molecule has 2 N–H and O–H groups in total. The lowest BCUT2D eigenvalue weighted by molar-refractivity contribution is 0.190. The van der Waals surface area contributed by atoms with Crippen LogP contribution in [0, 0.1) is 5.92 Å². The lowest BCUT2D eigenvalue weighted by Crippen LogP contribution is -2.41. The van der Waals surface area contributed by atoms with Crippen molar-refractivity contribution in [2.24, 2.45) is 5.92 Å². The van der Waals surface area contributed by atoms with E-state index in [4.69, 9.17) is 4.74 Å². The van der Waals surface area contributed by atoms with Crippen LogP contribution in [0.15, 0.2) is 35.9 Å². The molecule has 2 aliphatic carbocycles.